The minimum Gasteiger partial charge on any atom is -0.466 e. The van der Waals surface area contributed by atoms with Gasteiger partial charge in [-0.05, 0) is 50.3 Å². The van der Waals surface area contributed by atoms with E-state index in [4.69, 9.17) is 9.47 Å². The second kappa shape index (κ2) is 8.85. The lowest BCUT2D eigenvalue weighted by atomic mass is 9.80. The summed E-state index contributed by atoms with van der Waals surface area (Å²) >= 11 is 0. The van der Waals surface area contributed by atoms with E-state index in [1.165, 1.54) is 7.11 Å². The quantitative estimate of drug-likeness (QED) is 0.711. The molecule has 3 rings (SSSR count). The molecule has 2 aliphatic rings. The predicted octanol–water partition coefficient (Wildman–Crippen LogP) is 2.15. The lowest BCUT2D eigenvalue weighted by Crippen LogP contribution is -2.46. The van der Waals surface area contributed by atoms with E-state index in [1.807, 2.05) is 6.07 Å². The summed E-state index contributed by atoms with van der Waals surface area (Å²) in [5, 5.41) is 14.7. The highest BCUT2D eigenvalue weighted by molar-refractivity contribution is 5.85. The number of hydrogen-bond donors (Lipinski definition) is 2. The number of ether oxygens (including phenoxy) is 2. The monoisotopic (exact) mass is 375 g/mol. The van der Waals surface area contributed by atoms with Crippen molar-refractivity contribution < 1.29 is 24.2 Å². The Morgan fingerprint density at radius 2 is 1.93 bits per heavy atom. The Bertz CT molecular complexity index is 637. The van der Waals surface area contributed by atoms with Crippen molar-refractivity contribution in [3.8, 4) is 0 Å². The van der Waals surface area contributed by atoms with E-state index in [1.54, 1.807) is 24.3 Å². The van der Waals surface area contributed by atoms with Crippen molar-refractivity contribution in [3.63, 3.8) is 0 Å². The van der Waals surface area contributed by atoms with Crippen LogP contribution in [0, 0.1) is 11.8 Å². The van der Waals surface area contributed by atoms with E-state index < -0.39 is 23.6 Å². The van der Waals surface area contributed by atoms with Gasteiger partial charge in [0.15, 0.2) is 11.7 Å². The van der Waals surface area contributed by atoms with Gasteiger partial charge in [-0.2, -0.15) is 0 Å². The van der Waals surface area contributed by atoms with Gasteiger partial charge in [-0.1, -0.05) is 43.2 Å². The zero-order valence-electron chi connectivity index (χ0n) is 15.9. The van der Waals surface area contributed by atoms with Crippen molar-refractivity contribution >= 4 is 11.9 Å². The Labute approximate surface area is 160 Å². The fourth-order valence-corrected chi connectivity index (χ4v) is 4.32. The second-order valence-corrected chi connectivity index (χ2v) is 7.63. The maximum absolute atomic E-state index is 13.2. The average Bonchev–Trinajstić information content (AvgIpc) is 3.41. The largest absolute Gasteiger partial charge is 0.466 e. The summed E-state index contributed by atoms with van der Waals surface area (Å²) < 4.78 is 10.5. The molecule has 1 aromatic rings. The molecule has 2 N–H and O–H groups in total. The van der Waals surface area contributed by atoms with Gasteiger partial charge in [-0.3, -0.25) is 0 Å². The molecule has 3 unspecified atom stereocenters. The molecule has 1 aliphatic carbocycles. The molecule has 1 saturated heterocycles. The standard InChI is InChI=1S/C21H29NO5/c1-26-19(23)18(13-15-11-12-22-14-15)27-20(24)21(25,17-9-5-6-10-17)16-7-3-2-4-8-16/h2-4,7-8,15,17-18,22,25H,5-6,9-14H2,1H3. The molecule has 0 aromatic heterocycles. The average molecular weight is 375 g/mol. The first-order chi connectivity index (χ1) is 13.1. The molecule has 1 heterocycles. The number of carbonyl (C=O) groups excluding carboxylic acids is 2. The Hall–Kier alpha value is -1.92. The maximum Gasteiger partial charge on any atom is 0.347 e. The highest BCUT2D eigenvalue weighted by Gasteiger charge is 2.49. The topological polar surface area (TPSA) is 84.9 Å². The fraction of sp³-hybridized carbons (Fsp3) is 0.619. The maximum atomic E-state index is 13.2. The van der Waals surface area contributed by atoms with Crippen LogP contribution in [-0.2, 0) is 24.7 Å². The van der Waals surface area contributed by atoms with Crippen molar-refractivity contribution in [1.82, 2.24) is 5.32 Å². The molecule has 148 valence electrons. The Kier molecular flexibility index (Phi) is 6.50. The van der Waals surface area contributed by atoms with Crippen LogP contribution in [0.1, 0.15) is 44.1 Å². The van der Waals surface area contributed by atoms with Gasteiger partial charge < -0.3 is 19.9 Å². The third kappa shape index (κ3) is 4.33. The van der Waals surface area contributed by atoms with Gasteiger partial charge in [0, 0.05) is 5.92 Å². The molecule has 1 aliphatic heterocycles. The molecular formula is C21H29NO5. The molecule has 0 spiro atoms. The summed E-state index contributed by atoms with van der Waals surface area (Å²) in [6.07, 6.45) is 3.80. The summed E-state index contributed by atoms with van der Waals surface area (Å²) in [5.41, 5.74) is -1.22. The van der Waals surface area contributed by atoms with Gasteiger partial charge in [0.2, 0.25) is 0 Å². The van der Waals surface area contributed by atoms with Crippen molar-refractivity contribution in [2.24, 2.45) is 11.8 Å². The Balaban J connectivity index is 1.82. The minimum absolute atomic E-state index is 0.209. The molecule has 3 atom stereocenters. The molecule has 6 nitrogen and oxygen atoms in total. The van der Waals surface area contributed by atoms with Gasteiger partial charge in [0.05, 0.1) is 7.11 Å². The SMILES string of the molecule is COC(=O)C(CC1CCNC1)OC(=O)C(O)(c1ccccc1)C1CCCC1. The van der Waals surface area contributed by atoms with Gasteiger partial charge in [-0.25, -0.2) is 9.59 Å². The molecule has 0 radical (unpaired) electrons. The van der Waals surface area contributed by atoms with Gasteiger partial charge in [-0.15, -0.1) is 0 Å². The zero-order valence-corrected chi connectivity index (χ0v) is 15.9. The normalized spacial score (nSPS) is 23.6. The third-order valence-corrected chi connectivity index (χ3v) is 5.89. The molecule has 0 bridgehead atoms. The summed E-state index contributed by atoms with van der Waals surface area (Å²) in [5.74, 6) is -1.28. The van der Waals surface area contributed by atoms with Crippen LogP contribution in [0.15, 0.2) is 30.3 Å². The van der Waals surface area contributed by atoms with Crippen molar-refractivity contribution in [2.45, 2.75) is 50.2 Å². The summed E-state index contributed by atoms with van der Waals surface area (Å²) in [7, 11) is 1.29. The van der Waals surface area contributed by atoms with E-state index in [0.29, 0.717) is 12.0 Å². The smallest absolute Gasteiger partial charge is 0.347 e. The van der Waals surface area contributed by atoms with Crippen LogP contribution >= 0.6 is 0 Å². The first-order valence-corrected chi connectivity index (χ1v) is 9.83. The van der Waals surface area contributed by atoms with Crippen LogP contribution in [0.25, 0.3) is 0 Å². The van der Waals surface area contributed by atoms with E-state index in [2.05, 4.69) is 5.32 Å². The van der Waals surface area contributed by atoms with Crippen LogP contribution in [0.4, 0.5) is 0 Å². The number of methoxy groups -OCH3 is 1. The van der Waals surface area contributed by atoms with Crippen molar-refractivity contribution in [2.75, 3.05) is 20.2 Å². The molecule has 6 heteroatoms. The highest BCUT2D eigenvalue weighted by atomic mass is 16.6. The third-order valence-electron chi connectivity index (χ3n) is 5.89. The van der Waals surface area contributed by atoms with Crippen LogP contribution in [0.3, 0.4) is 0 Å². The molecular weight excluding hydrogens is 346 g/mol. The number of carbonyl (C=O) groups is 2. The van der Waals surface area contributed by atoms with Crippen LogP contribution in [-0.4, -0.2) is 43.3 Å². The predicted molar refractivity (Wildman–Crippen MR) is 99.8 cm³/mol. The van der Waals surface area contributed by atoms with Crippen LogP contribution < -0.4 is 5.32 Å². The highest BCUT2D eigenvalue weighted by Crippen LogP contribution is 2.41. The first kappa shape index (κ1) is 19.8. The number of esters is 2. The van der Waals surface area contributed by atoms with Crippen LogP contribution in [0.2, 0.25) is 0 Å². The molecule has 0 amide bonds. The lowest BCUT2D eigenvalue weighted by Gasteiger charge is -2.33. The van der Waals surface area contributed by atoms with Gasteiger partial charge in [0.1, 0.15) is 0 Å². The summed E-state index contributed by atoms with van der Waals surface area (Å²) in [4.78, 5) is 25.4. The van der Waals surface area contributed by atoms with Gasteiger partial charge in [0.25, 0.3) is 0 Å². The Morgan fingerprint density at radius 3 is 2.52 bits per heavy atom. The molecule has 27 heavy (non-hydrogen) atoms. The Morgan fingerprint density at radius 1 is 1.22 bits per heavy atom. The summed E-state index contributed by atoms with van der Waals surface area (Å²) in [6, 6.07) is 8.92. The van der Waals surface area contributed by atoms with E-state index in [-0.39, 0.29) is 11.8 Å². The molecule has 1 saturated carbocycles. The summed E-state index contributed by atoms with van der Waals surface area (Å²) in [6.45, 7) is 1.68. The van der Waals surface area contributed by atoms with Gasteiger partial charge >= 0.3 is 11.9 Å². The fourth-order valence-electron chi connectivity index (χ4n) is 4.32. The van der Waals surface area contributed by atoms with E-state index >= 15 is 0 Å². The molecule has 1 aromatic carbocycles. The number of aliphatic hydroxyl groups is 1. The first-order valence-electron chi connectivity index (χ1n) is 9.83. The number of benzene rings is 1. The number of hydrogen-bond acceptors (Lipinski definition) is 6. The van der Waals surface area contributed by atoms with Crippen molar-refractivity contribution in [1.29, 1.82) is 0 Å². The minimum atomic E-state index is -1.74. The zero-order chi connectivity index (χ0) is 19.3. The molecule has 2 fully saturated rings. The van der Waals surface area contributed by atoms with Crippen LogP contribution in [0.5, 0.6) is 0 Å². The number of rotatable bonds is 7. The number of nitrogens with one attached hydrogen (secondary N) is 1. The lowest BCUT2D eigenvalue weighted by molar-refractivity contribution is -0.187. The van der Waals surface area contributed by atoms with E-state index in [9.17, 15) is 14.7 Å². The second-order valence-electron chi connectivity index (χ2n) is 7.63. The van der Waals surface area contributed by atoms with E-state index in [0.717, 1.165) is 45.2 Å². The van der Waals surface area contributed by atoms with Crippen molar-refractivity contribution in [3.05, 3.63) is 35.9 Å².